The molecule has 4 saturated carbocycles. The van der Waals surface area contributed by atoms with Crippen LogP contribution in [-0.4, -0.2) is 12.6 Å². The van der Waals surface area contributed by atoms with Gasteiger partial charge in [0.2, 0.25) is 0 Å². The number of nitrogens with one attached hydrogen (secondary N) is 1. The molecule has 0 heterocycles. The van der Waals surface area contributed by atoms with Crippen molar-refractivity contribution in [1.29, 1.82) is 0 Å². The maximum Gasteiger partial charge on any atom is 0.166 e. The van der Waals surface area contributed by atoms with Crippen LogP contribution in [0.15, 0.2) is 42.5 Å². The van der Waals surface area contributed by atoms with Crippen molar-refractivity contribution in [1.82, 2.24) is 5.32 Å². The van der Waals surface area contributed by atoms with Gasteiger partial charge in [0.25, 0.3) is 0 Å². The Kier molecular flexibility index (Phi) is 6.53. The van der Waals surface area contributed by atoms with Crippen molar-refractivity contribution in [3.8, 4) is 11.5 Å². The van der Waals surface area contributed by atoms with E-state index in [1.165, 1.54) is 44.1 Å². The van der Waals surface area contributed by atoms with Crippen molar-refractivity contribution in [3.63, 3.8) is 0 Å². The maximum atomic E-state index is 6.25. The first-order chi connectivity index (χ1) is 14.1. The number of hydrogen-bond donors (Lipinski definition) is 1. The minimum absolute atomic E-state index is 0. The first-order valence-corrected chi connectivity index (χ1v) is 11.3. The molecule has 162 valence electrons. The third-order valence-electron chi connectivity index (χ3n) is 7.27. The lowest BCUT2D eigenvalue weighted by atomic mass is 9.53. The molecule has 4 aliphatic carbocycles. The van der Waals surface area contributed by atoms with E-state index in [1.807, 2.05) is 30.3 Å². The van der Waals surface area contributed by atoms with Gasteiger partial charge in [-0.3, -0.25) is 0 Å². The van der Waals surface area contributed by atoms with Crippen LogP contribution in [0.3, 0.4) is 0 Å². The van der Waals surface area contributed by atoms with Gasteiger partial charge in [0.15, 0.2) is 11.5 Å². The predicted molar refractivity (Wildman–Crippen MR) is 124 cm³/mol. The Bertz CT molecular complexity index is 833. The van der Waals surface area contributed by atoms with Gasteiger partial charge in [0, 0.05) is 22.7 Å². The summed E-state index contributed by atoms with van der Waals surface area (Å²) in [5.41, 5.74) is 2.61. The molecule has 0 radical (unpaired) electrons. The minimum Gasteiger partial charge on any atom is -0.493 e. The molecule has 2 aromatic rings. The number of benzene rings is 2. The predicted octanol–water partition coefficient (Wildman–Crippen LogP) is 6.41. The normalized spacial score (nSPS) is 28.8. The molecule has 2 aromatic carbocycles. The second kappa shape index (κ2) is 8.98. The molecule has 5 heteroatoms. The molecule has 0 atom stereocenters. The molecule has 0 unspecified atom stereocenters. The molecule has 0 aliphatic heterocycles. The SMILES string of the molecule is COc1cccc(CNC23CC4CC(CC(C4)C2)C3)c1OCc1ccc(Cl)cc1.Cl. The number of hydrogen-bond acceptors (Lipinski definition) is 3. The van der Waals surface area contributed by atoms with Crippen LogP contribution >= 0.6 is 24.0 Å². The fourth-order valence-electron chi connectivity index (χ4n) is 6.37. The number of ether oxygens (including phenoxy) is 2. The van der Waals surface area contributed by atoms with Crippen molar-refractivity contribution in [2.24, 2.45) is 17.8 Å². The molecule has 6 rings (SSSR count). The summed E-state index contributed by atoms with van der Waals surface area (Å²) in [5, 5.41) is 4.73. The standard InChI is InChI=1S/C25H30ClNO2.ClH/c1-28-23-4-2-3-21(24(23)29-16-17-5-7-22(26)8-6-17)15-27-25-12-18-9-19(13-25)11-20(10-18)14-25;/h2-8,18-20,27H,9-16H2,1H3;1H. The van der Waals surface area contributed by atoms with Crippen molar-refractivity contribution in [2.45, 2.75) is 57.2 Å². The van der Waals surface area contributed by atoms with Crippen LogP contribution < -0.4 is 14.8 Å². The minimum atomic E-state index is 0. The zero-order valence-corrected chi connectivity index (χ0v) is 19.1. The summed E-state index contributed by atoms with van der Waals surface area (Å²) in [5.74, 6) is 4.48. The van der Waals surface area contributed by atoms with E-state index < -0.39 is 0 Å². The number of para-hydroxylation sites is 1. The highest BCUT2D eigenvalue weighted by Crippen LogP contribution is 2.55. The fourth-order valence-corrected chi connectivity index (χ4v) is 6.50. The Morgan fingerprint density at radius 2 is 1.60 bits per heavy atom. The summed E-state index contributed by atoms with van der Waals surface area (Å²) in [6, 6.07) is 14.0. The fraction of sp³-hybridized carbons (Fsp3) is 0.520. The maximum absolute atomic E-state index is 6.25. The van der Waals surface area contributed by atoms with Gasteiger partial charge >= 0.3 is 0 Å². The van der Waals surface area contributed by atoms with Crippen LogP contribution in [0.4, 0.5) is 0 Å². The van der Waals surface area contributed by atoms with Gasteiger partial charge in [-0.15, -0.1) is 12.4 Å². The lowest BCUT2D eigenvalue weighted by molar-refractivity contribution is -0.0206. The Balaban J connectivity index is 0.00000218. The zero-order chi connectivity index (χ0) is 19.8. The molecule has 3 nitrogen and oxygen atoms in total. The van der Waals surface area contributed by atoms with E-state index in [0.29, 0.717) is 12.1 Å². The molecular weight excluding hydrogens is 417 g/mol. The summed E-state index contributed by atoms with van der Waals surface area (Å²) in [6.07, 6.45) is 8.46. The monoisotopic (exact) mass is 447 g/mol. The molecular formula is C25H31Cl2NO2. The lowest BCUT2D eigenvalue weighted by Gasteiger charge is -2.57. The molecule has 0 amide bonds. The number of methoxy groups -OCH3 is 1. The molecule has 1 N–H and O–H groups in total. The summed E-state index contributed by atoms with van der Waals surface area (Å²) < 4.78 is 11.9. The van der Waals surface area contributed by atoms with E-state index in [2.05, 4.69) is 17.4 Å². The first kappa shape index (κ1) is 21.8. The highest BCUT2D eigenvalue weighted by molar-refractivity contribution is 6.30. The van der Waals surface area contributed by atoms with Gasteiger partial charge in [0.1, 0.15) is 6.61 Å². The molecule has 30 heavy (non-hydrogen) atoms. The van der Waals surface area contributed by atoms with Gasteiger partial charge in [-0.2, -0.15) is 0 Å². The van der Waals surface area contributed by atoms with Crippen LogP contribution in [0, 0.1) is 17.8 Å². The van der Waals surface area contributed by atoms with Crippen LogP contribution in [0.2, 0.25) is 5.02 Å². The topological polar surface area (TPSA) is 30.5 Å². The van der Waals surface area contributed by atoms with E-state index in [-0.39, 0.29) is 12.4 Å². The molecule has 0 spiro atoms. The van der Waals surface area contributed by atoms with Crippen LogP contribution in [-0.2, 0) is 13.2 Å². The summed E-state index contributed by atoms with van der Waals surface area (Å²) in [7, 11) is 1.71. The van der Waals surface area contributed by atoms with Crippen molar-refractivity contribution in [2.75, 3.05) is 7.11 Å². The van der Waals surface area contributed by atoms with Crippen molar-refractivity contribution in [3.05, 3.63) is 58.6 Å². The van der Waals surface area contributed by atoms with E-state index in [4.69, 9.17) is 21.1 Å². The van der Waals surface area contributed by atoms with E-state index in [1.54, 1.807) is 7.11 Å². The Morgan fingerprint density at radius 1 is 0.967 bits per heavy atom. The van der Waals surface area contributed by atoms with Crippen LogP contribution in [0.5, 0.6) is 11.5 Å². The molecule has 0 aromatic heterocycles. The average molecular weight is 448 g/mol. The highest BCUT2D eigenvalue weighted by Gasteiger charge is 2.50. The third kappa shape index (κ3) is 4.44. The van der Waals surface area contributed by atoms with Gasteiger partial charge in [-0.05, 0) is 80.0 Å². The molecule has 4 aliphatic rings. The zero-order valence-electron chi connectivity index (χ0n) is 17.5. The third-order valence-corrected chi connectivity index (χ3v) is 7.52. The first-order valence-electron chi connectivity index (χ1n) is 10.9. The Labute approximate surface area is 190 Å². The molecule has 4 bridgehead atoms. The van der Waals surface area contributed by atoms with E-state index >= 15 is 0 Å². The average Bonchev–Trinajstić information content (AvgIpc) is 2.71. The van der Waals surface area contributed by atoms with Crippen LogP contribution in [0.1, 0.15) is 49.7 Å². The second-order valence-corrected chi connectivity index (χ2v) is 9.85. The second-order valence-electron chi connectivity index (χ2n) is 9.42. The smallest absolute Gasteiger partial charge is 0.166 e. The van der Waals surface area contributed by atoms with Crippen molar-refractivity contribution < 1.29 is 9.47 Å². The van der Waals surface area contributed by atoms with E-state index in [0.717, 1.165) is 46.4 Å². The lowest BCUT2D eigenvalue weighted by Crippen LogP contribution is -2.58. The summed E-state index contributed by atoms with van der Waals surface area (Å²) in [4.78, 5) is 0. The van der Waals surface area contributed by atoms with Crippen molar-refractivity contribution >= 4 is 24.0 Å². The van der Waals surface area contributed by atoms with Gasteiger partial charge in [0.05, 0.1) is 7.11 Å². The summed E-state index contributed by atoms with van der Waals surface area (Å²) >= 11 is 6.00. The molecule has 0 saturated heterocycles. The van der Waals surface area contributed by atoms with Gasteiger partial charge in [-0.25, -0.2) is 0 Å². The Morgan fingerprint density at radius 3 is 2.20 bits per heavy atom. The largest absolute Gasteiger partial charge is 0.493 e. The van der Waals surface area contributed by atoms with E-state index in [9.17, 15) is 0 Å². The van der Waals surface area contributed by atoms with Crippen LogP contribution in [0.25, 0.3) is 0 Å². The van der Waals surface area contributed by atoms with Gasteiger partial charge in [-0.1, -0.05) is 35.9 Å². The summed E-state index contributed by atoms with van der Waals surface area (Å²) in [6.45, 7) is 1.33. The molecule has 4 fully saturated rings. The number of rotatable bonds is 7. The van der Waals surface area contributed by atoms with Gasteiger partial charge < -0.3 is 14.8 Å². The highest BCUT2D eigenvalue weighted by atomic mass is 35.5. The quantitative estimate of drug-likeness (QED) is 0.531. The number of halogens is 2. The Hall–Kier alpha value is -1.42.